The number of para-hydroxylation sites is 2. The first-order valence-electron chi connectivity index (χ1n) is 9.43. The van der Waals surface area contributed by atoms with Crippen LogP contribution >= 0.6 is 0 Å². The van der Waals surface area contributed by atoms with Gasteiger partial charge in [0.25, 0.3) is 0 Å². The summed E-state index contributed by atoms with van der Waals surface area (Å²) in [6.45, 7) is 3.88. The Morgan fingerprint density at radius 1 is 1.24 bits per heavy atom. The van der Waals surface area contributed by atoms with Crippen LogP contribution in [0.25, 0.3) is 0 Å². The fourth-order valence-electron chi connectivity index (χ4n) is 3.73. The van der Waals surface area contributed by atoms with Gasteiger partial charge in [0.15, 0.2) is 17.6 Å². The van der Waals surface area contributed by atoms with Crippen molar-refractivity contribution >= 4 is 5.91 Å². The van der Waals surface area contributed by atoms with E-state index in [9.17, 15) is 4.79 Å². The van der Waals surface area contributed by atoms with Crippen molar-refractivity contribution in [2.45, 2.75) is 50.8 Å². The lowest BCUT2D eigenvalue weighted by atomic mass is 10.1. The standard InChI is InChI=1S/C19H27N3O3/c1-2-9-22(19(23)16-10-15(20-21-16)13-7-8-13)11-14-12-24-17-5-3-4-6-18(17)25-14/h3-6,13-16,20-21H,2,7-12H2,1H3. The van der Waals surface area contributed by atoms with E-state index < -0.39 is 0 Å². The number of benzene rings is 1. The van der Waals surface area contributed by atoms with Crippen molar-refractivity contribution in [2.24, 2.45) is 5.92 Å². The molecule has 1 aliphatic carbocycles. The molecule has 1 amide bonds. The van der Waals surface area contributed by atoms with Gasteiger partial charge in [-0.1, -0.05) is 19.1 Å². The molecule has 25 heavy (non-hydrogen) atoms. The second-order valence-electron chi connectivity index (χ2n) is 7.30. The summed E-state index contributed by atoms with van der Waals surface area (Å²) in [7, 11) is 0. The number of rotatable bonds is 6. The lowest BCUT2D eigenvalue weighted by molar-refractivity contribution is -0.134. The Morgan fingerprint density at radius 2 is 2.04 bits per heavy atom. The molecule has 6 nitrogen and oxygen atoms in total. The predicted octanol–water partition coefficient (Wildman–Crippen LogP) is 1.71. The van der Waals surface area contributed by atoms with E-state index in [-0.39, 0.29) is 18.1 Å². The topological polar surface area (TPSA) is 62.8 Å². The van der Waals surface area contributed by atoms with E-state index >= 15 is 0 Å². The second-order valence-corrected chi connectivity index (χ2v) is 7.30. The van der Waals surface area contributed by atoms with Gasteiger partial charge in [-0.25, -0.2) is 5.43 Å². The average molecular weight is 345 g/mol. The summed E-state index contributed by atoms with van der Waals surface area (Å²) < 4.78 is 11.8. The maximum atomic E-state index is 13.0. The SMILES string of the molecule is CCCN(CC1COc2ccccc2O1)C(=O)C1CC(C2CC2)NN1. The van der Waals surface area contributed by atoms with Crippen molar-refractivity contribution in [3.05, 3.63) is 24.3 Å². The maximum Gasteiger partial charge on any atom is 0.241 e. The molecular weight excluding hydrogens is 318 g/mol. The minimum atomic E-state index is -0.131. The molecule has 1 aromatic carbocycles. The van der Waals surface area contributed by atoms with Gasteiger partial charge in [-0.05, 0) is 43.7 Å². The molecule has 0 spiro atoms. The van der Waals surface area contributed by atoms with E-state index in [1.807, 2.05) is 29.2 Å². The van der Waals surface area contributed by atoms with Crippen LogP contribution in [0.2, 0.25) is 0 Å². The van der Waals surface area contributed by atoms with Crippen LogP contribution in [0.15, 0.2) is 24.3 Å². The predicted molar refractivity (Wildman–Crippen MR) is 94.4 cm³/mol. The molecule has 3 unspecified atom stereocenters. The Morgan fingerprint density at radius 3 is 2.80 bits per heavy atom. The Labute approximate surface area is 148 Å². The highest BCUT2D eigenvalue weighted by Gasteiger charge is 2.40. The fourth-order valence-corrected chi connectivity index (χ4v) is 3.73. The lowest BCUT2D eigenvalue weighted by Gasteiger charge is -2.32. The first kappa shape index (κ1) is 16.7. The van der Waals surface area contributed by atoms with Gasteiger partial charge >= 0.3 is 0 Å². The van der Waals surface area contributed by atoms with E-state index in [4.69, 9.17) is 9.47 Å². The van der Waals surface area contributed by atoms with Crippen LogP contribution in [0.1, 0.15) is 32.6 Å². The zero-order chi connectivity index (χ0) is 17.2. The van der Waals surface area contributed by atoms with E-state index in [0.29, 0.717) is 19.2 Å². The van der Waals surface area contributed by atoms with Crippen molar-refractivity contribution in [3.8, 4) is 11.5 Å². The van der Waals surface area contributed by atoms with Gasteiger partial charge in [-0.15, -0.1) is 0 Å². The summed E-state index contributed by atoms with van der Waals surface area (Å²) in [6, 6.07) is 8.01. The molecule has 0 radical (unpaired) electrons. The van der Waals surface area contributed by atoms with Crippen molar-refractivity contribution in [3.63, 3.8) is 0 Å². The molecule has 3 atom stereocenters. The Balaban J connectivity index is 1.37. The number of ether oxygens (including phenoxy) is 2. The molecule has 0 bridgehead atoms. The summed E-state index contributed by atoms with van der Waals surface area (Å²) in [5.41, 5.74) is 6.52. The third-order valence-corrected chi connectivity index (χ3v) is 5.22. The van der Waals surface area contributed by atoms with Crippen molar-refractivity contribution in [1.82, 2.24) is 15.8 Å². The van der Waals surface area contributed by atoms with Crippen LogP contribution in [0.3, 0.4) is 0 Å². The molecule has 0 aromatic heterocycles. The smallest absolute Gasteiger partial charge is 0.241 e. The summed E-state index contributed by atoms with van der Waals surface area (Å²) in [5.74, 6) is 2.45. The minimum absolute atomic E-state index is 0.126. The van der Waals surface area contributed by atoms with Crippen LogP contribution < -0.4 is 20.3 Å². The van der Waals surface area contributed by atoms with Gasteiger partial charge in [-0.3, -0.25) is 10.2 Å². The fraction of sp³-hybridized carbons (Fsp3) is 0.632. The largest absolute Gasteiger partial charge is 0.486 e. The Bertz CT molecular complexity index is 620. The Hall–Kier alpha value is -1.79. The second kappa shape index (κ2) is 7.22. The van der Waals surface area contributed by atoms with E-state index in [2.05, 4.69) is 17.8 Å². The molecule has 2 fully saturated rings. The van der Waals surface area contributed by atoms with Crippen molar-refractivity contribution in [2.75, 3.05) is 19.7 Å². The first-order chi connectivity index (χ1) is 12.2. The zero-order valence-corrected chi connectivity index (χ0v) is 14.7. The van der Waals surface area contributed by atoms with Crippen molar-refractivity contribution < 1.29 is 14.3 Å². The highest BCUT2D eigenvalue weighted by molar-refractivity contribution is 5.82. The molecular formula is C19H27N3O3. The van der Waals surface area contributed by atoms with Crippen LogP contribution in [0, 0.1) is 5.92 Å². The quantitative estimate of drug-likeness (QED) is 0.822. The average Bonchev–Trinajstić information content (AvgIpc) is 3.37. The van der Waals surface area contributed by atoms with Crippen LogP contribution in [0.4, 0.5) is 0 Å². The Kier molecular flexibility index (Phi) is 4.81. The number of carbonyl (C=O) groups is 1. The molecule has 2 aliphatic heterocycles. The van der Waals surface area contributed by atoms with Gasteiger partial charge < -0.3 is 14.4 Å². The number of hydrogen-bond donors (Lipinski definition) is 2. The molecule has 1 aromatic rings. The number of hydrazine groups is 1. The monoisotopic (exact) mass is 345 g/mol. The van der Waals surface area contributed by atoms with E-state index in [1.165, 1.54) is 12.8 Å². The highest BCUT2D eigenvalue weighted by Crippen LogP contribution is 2.36. The number of fused-ring (bicyclic) bond motifs is 1. The summed E-state index contributed by atoms with van der Waals surface area (Å²) in [6.07, 6.45) is 4.26. The summed E-state index contributed by atoms with van der Waals surface area (Å²) in [5, 5.41) is 0. The van der Waals surface area contributed by atoms with Crippen LogP contribution in [-0.4, -0.2) is 48.7 Å². The summed E-state index contributed by atoms with van der Waals surface area (Å²) >= 11 is 0. The number of amides is 1. The lowest BCUT2D eigenvalue weighted by Crippen LogP contribution is -2.50. The summed E-state index contributed by atoms with van der Waals surface area (Å²) in [4.78, 5) is 14.9. The first-order valence-corrected chi connectivity index (χ1v) is 9.43. The zero-order valence-electron chi connectivity index (χ0n) is 14.7. The van der Waals surface area contributed by atoms with Gasteiger partial charge in [0.1, 0.15) is 12.6 Å². The van der Waals surface area contributed by atoms with E-state index in [0.717, 1.165) is 36.8 Å². The third-order valence-electron chi connectivity index (χ3n) is 5.22. The number of nitrogens with one attached hydrogen (secondary N) is 2. The number of carbonyl (C=O) groups excluding carboxylic acids is 1. The van der Waals surface area contributed by atoms with Gasteiger partial charge in [0, 0.05) is 12.6 Å². The van der Waals surface area contributed by atoms with Gasteiger partial charge in [-0.2, -0.15) is 0 Å². The normalized spacial score (nSPS) is 28.0. The highest BCUT2D eigenvalue weighted by atomic mass is 16.6. The molecule has 136 valence electrons. The number of nitrogens with zero attached hydrogens (tertiary/aromatic N) is 1. The van der Waals surface area contributed by atoms with Gasteiger partial charge in [0.05, 0.1) is 6.54 Å². The molecule has 2 N–H and O–H groups in total. The number of hydrogen-bond acceptors (Lipinski definition) is 5. The minimum Gasteiger partial charge on any atom is -0.486 e. The van der Waals surface area contributed by atoms with Crippen LogP contribution in [-0.2, 0) is 4.79 Å². The third kappa shape index (κ3) is 3.75. The molecule has 6 heteroatoms. The molecule has 2 heterocycles. The van der Waals surface area contributed by atoms with E-state index in [1.54, 1.807) is 0 Å². The molecule has 3 aliphatic rings. The molecule has 4 rings (SSSR count). The molecule has 1 saturated heterocycles. The van der Waals surface area contributed by atoms with Crippen molar-refractivity contribution in [1.29, 1.82) is 0 Å². The molecule has 1 saturated carbocycles. The maximum absolute atomic E-state index is 13.0. The van der Waals surface area contributed by atoms with Gasteiger partial charge in [0.2, 0.25) is 5.91 Å². The van der Waals surface area contributed by atoms with Crippen LogP contribution in [0.5, 0.6) is 11.5 Å².